The first kappa shape index (κ1) is 12.4. The molecule has 1 rings (SSSR count). The zero-order valence-corrected chi connectivity index (χ0v) is 10.1. The molecular formula is C13H17N3. The largest absolute Gasteiger partial charge is 0.298 e. The Morgan fingerprint density at radius 1 is 1.56 bits per heavy atom. The number of likely N-dealkylation sites (N-methyl/N-ethyl adjacent to an activating group) is 1. The van der Waals surface area contributed by atoms with Crippen LogP contribution in [0.3, 0.4) is 0 Å². The maximum atomic E-state index is 9.10. The van der Waals surface area contributed by atoms with Gasteiger partial charge in [0.1, 0.15) is 6.07 Å². The van der Waals surface area contributed by atoms with Crippen LogP contribution in [0.1, 0.15) is 22.5 Å². The molecule has 0 fully saturated rings. The van der Waals surface area contributed by atoms with Gasteiger partial charge in [-0.2, -0.15) is 5.26 Å². The number of hydrogen-bond acceptors (Lipinski definition) is 3. The van der Waals surface area contributed by atoms with Gasteiger partial charge in [-0.1, -0.05) is 6.08 Å². The Morgan fingerprint density at radius 3 is 2.81 bits per heavy atom. The van der Waals surface area contributed by atoms with Crippen LogP contribution in [0.5, 0.6) is 0 Å². The maximum Gasteiger partial charge on any atom is 0.101 e. The van der Waals surface area contributed by atoms with Crippen molar-refractivity contribution in [1.29, 1.82) is 5.26 Å². The zero-order valence-electron chi connectivity index (χ0n) is 10.1. The number of nitrogens with zero attached hydrogens (tertiary/aromatic N) is 3. The van der Waals surface area contributed by atoms with E-state index in [9.17, 15) is 0 Å². The molecule has 0 bridgehead atoms. The van der Waals surface area contributed by atoms with Gasteiger partial charge in [-0.3, -0.25) is 9.88 Å². The molecule has 0 N–H and O–H groups in total. The molecule has 1 aromatic heterocycles. The number of hydrogen-bond donors (Lipinski definition) is 0. The van der Waals surface area contributed by atoms with Crippen LogP contribution >= 0.6 is 0 Å². The average Bonchev–Trinajstić information content (AvgIpc) is 2.17. The molecular weight excluding hydrogens is 198 g/mol. The Hall–Kier alpha value is -1.66. The van der Waals surface area contributed by atoms with Crippen molar-refractivity contribution in [2.75, 3.05) is 13.6 Å². The lowest BCUT2D eigenvalue weighted by molar-refractivity contribution is 0.363. The maximum absolute atomic E-state index is 9.10. The molecule has 0 saturated heterocycles. The second kappa shape index (κ2) is 5.43. The standard InChI is InChI=1S/C13H17N3/c1-5-6-16(4)9-12-7-10(2)15-11(3)13(12)8-14/h5,7H,1,6,9H2,2-4H3. The molecule has 0 aliphatic rings. The molecule has 0 aliphatic carbocycles. The Bertz CT molecular complexity index is 430. The lowest BCUT2D eigenvalue weighted by Gasteiger charge is -2.16. The molecule has 3 heteroatoms. The predicted molar refractivity (Wildman–Crippen MR) is 65.0 cm³/mol. The highest BCUT2D eigenvalue weighted by Crippen LogP contribution is 2.14. The van der Waals surface area contributed by atoms with E-state index in [1.54, 1.807) is 0 Å². The van der Waals surface area contributed by atoms with Crippen molar-refractivity contribution in [2.45, 2.75) is 20.4 Å². The number of aryl methyl sites for hydroxylation is 2. The van der Waals surface area contributed by atoms with E-state index in [0.717, 1.165) is 30.0 Å². The van der Waals surface area contributed by atoms with Gasteiger partial charge in [-0.25, -0.2) is 0 Å². The first-order valence-electron chi connectivity index (χ1n) is 5.25. The van der Waals surface area contributed by atoms with Crippen molar-refractivity contribution in [2.24, 2.45) is 0 Å². The van der Waals surface area contributed by atoms with E-state index in [1.165, 1.54) is 0 Å². The number of rotatable bonds is 4. The van der Waals surface area contributed by atoms with E-state index in [1.807, 2.05) is 33.0 Å². The fourth-order valence-electron chi connectivity index (χ4n) is 1.76. The minimum absolute atomic E-state index is 0.696. The van der Waals surface area contributed by atoms with Crippen molar-refractivity contribution in [1.82, 2.24) is 9.88 Å². The topological polar surface area (TPSA) is 39.9 Å². The molecule has 0 aromatic carbocycles. The van der Waals surface area contributed by atoms with Gasteiger partial charge in [0.2, 0.25) is 0 Å². The molecule has 0 amide bonds. The third-order valence-electron chi connectivity index (χ3n) is 2.40. The molecule has 0 saturated carbocycles. The first-order valence-corrected chi connectivity index (χ1v) is 5.25. The highest BCUT2D eigenvalue weighted by Gasteiger charge is 2.09. The van der Waals surface area contributed by atoms with Crippen molar-refractivity contribution >= 4 is 0 Å². The summed E-state index contributed by atoms with van der Waals surface area (Å²) in [5.41, 5.74) is 3.50. The van der Waals surface area contributed by atoms with Gasteiger partial charge >= 0.3 is 0 Å². The normalized spacial score (nSPS) is 10.2. The fourth-order valence-corrected chi connectivity index (χ4v) is 1.76. The summed E-state index contributed by atoms with van der Waals surface area (Å²) >= 11 is 0. The van der Waals surface area contributed by atoms with Crippen molar-refractivity contribution in [3.63, 3.8) is 0 Å². The van der Waals surface area contributed by atoms with E-state index in [0.29, 0.717) is 5.56 Å². The highest BCUT2D eigenvalue weighted by molar-refractivity contribution is 5.41. The minimum atomic E-state index is 0.696. The van der Waals surface area contributed by atoms with Gasteiger partial charge in [0.15, 0.2) is 0 Å². The van der Waals surface area contributed by atoms with Crippen LogP contribution in [0.25, 0.3) is 0 Å². The molecule has 0 aliphatic heterocycles. The number of nitriles is 1. The Labute approximate surface area is 97.0 Å². The van der Waals surface area contributed by atoms with Crippen LogP contribution < -0.4 is 0 Å². The average molecular weight is 215 g/mol. The fraction of sp³-hybridized carbons (Fsp3) is 0.385. The van der Waals surface area contributed by atoms with Crippen LogP contribution in [0, 0.1) is 25.2 Å². The minimum Gasteiger partial charge on any atom is -0.298 e. The summed E-state index contributed by atoms with van der Waals surface area (Å²) in [5, 5.41) is 9.10. The van der Waals surface area contributed by atoms with E-state index in [4.69, 9.17) is 5.26 Å². The van der Waals surface area contributed by atoms with Gasteiger partial charge in [0, 0.05) is 18.8 Å². The molecule has 0 spiro atoms. The molecule has 16 heavy (non-hydrogen) atoms. The quantitative estimate of drug-likeness (QED) is 0.723. The summed E-state index contributed by atoms with van der Waals surface area (Å²) in [6.07, 6.45) is 1.85. The number of pyridine rings is 1. The number of aromatic nitrogens is 1. The molecule has 84 valence electrons. The first-order chi connectivity index (χ1) is 7.58. The van der Waals surface area contributed by atoms with Crippen LogP contribution in [-0.2, 0) is 6.54 Å². The van der Waals surface area contributed by atoms with Crippen LogP contribution in [0.4, 0.5) is 0 Å². The predicted octanol–water partition coefficient (Wildman–Crippen LogP) is 2.19. The van der Waals surface area contributed by atoms with Crippen LogP contribution in [0.2, 0.25) is 0 Å². The summed E-state index contributed by atoms with van der Waals surface area (Å²) in [5.74, 6) is 0. The third-order valence-corrected chi connectivity index (χ3v) is 2.40. The Kier molecular flexibility index (Phi) is 4.21. The van der Waals surface area contributed by atoms with E-state index >= 15 is 0 Å². The summed E-state index contributed by atoms with van der Waals surface area (Å²) in [6.45, 7) is 9.09. The van der Waals surface area contributed by atoms with Gasteiger partial charge in [-0.15, -0.1) is 6.58 Å². The summed E-state index contributed by atoms with van der Waals surface area (Å²) in [6, 6.07) is 4.20. The molecule has 3 nitrogen and oxygen atoms in total. The molecule has 1 heterocycles. The zero-order chi connectivity index (χ0) is 12.1. The monoisotopic (exact) mass is 215 g/mol. The van der Waals surface area contributed by atoms with E-state index in [-0.39, 0.29) is 0 Å². The van der Waals surface area contributed by atoms with Crippen LogP contribution in [0.15, 0.2) is 18.7 Å². The lowest BCUT2D eigenvalue weighted by atomic mass is 10.1. The highest BCUT2D eigenvalue weighted by atomic mass is 15.1. The Balaban J connectivity index is 3.03. The van der Waals surface area contributed by atoms with Gasteiger partial charge in [0.25, 0.3) is 0 Å². The molecule has 0 unspecified atom stereocenters. The molecule has 0 atom stereocenters. The summed E-state index contributed by atoms with van der Waals surface area (Å²) in [7, 11) is 2.01. The van der Waals surface area contributed by atoms with Crippen molar-refractivity contribution < 1.29 is 0 Å². The summed E-state index contributed by atoms with van der Waals surface area (Å²) < 4.78 is 0. The Morgan fingerprint density at radius 2 is 2.25 bits per heavy atom. The van der Waals surface area contributed by atoms with Gasteiger partial charge in [0.05, 0.1) is 11.3 Å². The van der Waals surface area contributed by atoms with E-state index < -0.39 is 0 Å². The van der Waals surface area contributed by atoms with Gasteiger partial charge < -0.3 is 0 Å². The smallest absolute Gasteiger partial charge is 0.101 e. The third kappa shape index (κ3) is 2.91. The van der Waals surface area contributed by atoms with E-state index in [2.05, 4.69) is 22.5 Å². The molecule has 1 aromatic rings. The van der Waals surface area contributed by atoms with Crippen LogP contribution in [-0.4, -0.2) is 23.5 Å². The lowest BCUT2D eigenvalue weighted by Crippen LogP contribution is -2.18. The second-order valence-electron chi connectivity index (χ2n) is 3.98. The SMILES string of the molecule is C=CCN(C)Cc1cc(C)nc(C)c1C#N. The van der Waals surface area contributed by atoms with Crippen molar-refractivity contribution in [3.05, 3.63) is 41.2 Å². The molecule has 0 radical (unpaired) electrons. The second-order valence-corrected chi connectivity index (χ2v) is 3.98. The van der Waals surface area contributed by atoms with Gasteiger partial charge in [-0.05, 0) is 32.5 Å². The summed E-state index contributed by atoms with van der Waals surface area (Å²) in [4.78, 5) is 6.41. The van der Waals surface area contributed by atoms with Crippen molar-refractivity contribution in [3.8, 4) is 6.07 Å².